The van der Waals surface area contributed by atoms with Gasteiger partial charge in [0.2, 0.25) is 0 Å². The smallest absolute Gasteiger partial charge is 0.0640 e. The number of nitrogens with zero attached hydrogens (tertiary/aromatic N) is 1. The van der Waals surface area contributed by atoms with Crippen LogP contribution >= 0.6 is 11.6 Å². The Labute approximate surface area is 83.5 Å². The first-order valence-electron chi connectivity index (χ1n) is 4.39. The summed E-state index contributed by atoms with van der Waals surface area (Å²) >= 11 is 6.06. The van der Waals surface area contributed by atoms with Gasteiger partial charge in [-0.05, 0) is 25.7 Å². The van der Waals surface area contributed by atoms with Crippen molar-refractivity contribution in [2.45, 2.75) is 6.04 Å². The zero-order chi connectivity index (χ0) is 9.42. The molecule has 0 amide bonds. The van der Waals surface area contributed by atoms with E-state index in [-0.39, 0.29) is 0 Å². The van der Waals surface area contributed by atoms with Crippen molar-refractivity contribution in [3.63, 3.8) is 0 Å². The summed E-state index contributed by atoms with van der Waals surface area (Å²) in [5.74, 6) is 0. The van der Waals surface area contributed by atoms with Gasteiger partial charge < -0.3 is 10.2 Å². The van der Waals surface area contributed by atoms with Crippen molar-refractivity contribution in [3.8, 4) is 0 Å². The number of anilines is 1. The zero-order valence-electron chi connectivity index (χ0n) is 7.84. The number of halogens is 1. The van der Waals surface area contributed by atoms with Crippen molar-refractivity contribution in [1.82, 2.24) is 4.90 Å². The number of para-hydroxylation sites is 1. The highest BCUT2D eigenvalue weighted by molar-refractivity contribution is 6.33. The fourth-order valence-electron chi connectivity index (χ4n) is 1.77. The number of hydrogen-bond donors (Lipinski definition) is 1. The minimum Gasteiger partial charge on any atom is -0.382 e. The van der Waals surface area contributed by atoms with Crippen LogP contribution in [0.4, 0.5) is 5.69 Å². The molecule has 0 aliphatic carbocycles. The van der Waals surface area contributed by atoms with Gasteiger partial charge in [0.1, 0.15) is 0 Å². The minimum absolute atomic E-state index is 0.452. The van der Waals surface area contributed by atoms with Crippen molar-refractivity contribution in [3.05, 3.63) is 28.8 Å². The van der Waals surface area contributed by atoms with E-state index in [0.29, 0.717) is 6.04 Å². The lowest BCUT2D eigenvalue weighted by atomic mass is 10.1. The largest absolute Gasteiger partial charge is 0.382 e. The third kappa shape index (κ3) is 1.40. The number of benzene rings is 1. The third-order valence-electron chi connectivity index (χ3n) is 2.50. The molecule has 2 rings (SSSR count). The monoisotopic (exact) mass is 196 g/mol. The number of nitrogens with one attached hydrogen (secondary N) is 1. The molecule has 1 aromatic carbocycles. The van der Waals surface area contributed by atoms with Crippen LogP contribution in [0.15, 0.2) is 18.2 Å². The summed E-state index contributed by atoms with van der Waals surface area (Å²) in [6.45, 7) is 0.950. The number of rotatable bonds is 1. The quantitative estimate of drug-likeness (QED) is 0.742. The maximum atomic E-state index is 6.06. The molecular formula is C10H13ClN2. The molecule has 0 aromatic heterocycles. The minimum atomic E-state index is 0.452. The molecule has 1 heterocycles. The second kappa shape index (κ2) is 3.20. The molecule has 0 saturated heterocycles. The number of hydrogen-bond acceptors (Lipinski definition) is 2. The van der Waals surface area contributed by atoms with E-state index in [0.717, 1.165) is 17.3 Å². The van der Waals surface area contributed by atoms with E-state index >= 15 is 0 Å². The van der Waals surface area contributed by atoms with Gasteiger partial charge in [-0.3, -0.25) is 0 Å². The van der Waals surface area contributed by atoms with Gasteiger partial charge in [-0.15, -0.1) is 0 Å². The van der Waals surface area contributed by atoms with Gasteiger partial charge in [0.25, 0.3) is 0 Å². The van der Waals surface area contributed by atoms with Gasteiger partial charge in [-0.25, -0.2) is 0 Å². The van der Waals surface area contributed by atoms with Crippen LogP contribution in [-0.2, 0) is 0 Å². The van der Waals surface area contributed by atoms with Gasteiger partial charge in [0, 0.05) is 6.54 Å². The molecule has 0 bridgehead atoms. The number of fused-ring (bicyclic) bond motifs is 1. The van der Waals surface area contributed by atoms with E-state index in [9.17, 15) is 0 Å². The van der Waals surface area contributed by atoms with E-state index < -0.39 is 0 Å². The highest BCUT2D eigenvalue weighted by atomic mass is 35.5. The first kappa shape index (κ1) is 8.85. The van der Waals surface area contributed by atoms with Gasteiger partial charge in [0.15, 0.2) is 0 Å². The van der Waals surface area contributed by atoms with Crippen LogP contribution in [0.5, 0.6) is 0 Å². The fourth-order valence-corrected chi connectivity index (χ4v) is 2.02. The second-order valence-electron chi connectivity index (χ2n) is 3.56. The lowest BCUT2D eigenvalue weighted by Crippen LogP contribution is -2.21. The maximum Gasteiger partial charge on any atom is 0.0640 e. The molecular weight excluding hydrogens is 184 g/mol. The molecule has 70 valence electrons. The van der Waals surface area contributed by atoms with Crippen molar-refractivity contribution >= 4 is 17.3 Å². The Balaban J connectivity index is 2.43. The molecule has 13 heavy (non-hydrogen) atoms. The van der Waals surface area contributed by atoms with Gasteiger partial charge >= 0.3 is 0 Å². The van der Waals surface area contributed by atoms with Crippen LogP contribution in [0.2, 0.25) is 5.02 Å². The van der Waals surface area contributed by atoms with E-state index in [1.54, 1.807) is 0 Å². The summed E-state index contributed by atoms with van der Waals surface area (Å²) < 4.78 is 0. The fraction of sp³-hybridized carbons (Fsp3) is 0.400. The molecule has 0 fully saturated rings. The van der Waals surface area contributed by atoms with Gasteiger partial charge in [-0.2, -0.15) is 0 Å². The van der Waals surface area contributed by atoms with Crippen molar-refractivity contribution in [2.24, 2.45) is 0 Å². The average molecular weight is 197 g/mol. The lowest BCUT2D eigenvalue weighted by Gasteiger charge is -2.18. The Hall–Kier alpha value is -0.730. The average Bonchev–Trinajstić information content (AvgIpc) is 2.48. The highest BCUT2D eigenvalue weighted by Gasteiger charge is 2.24. The van der Waals surface area contributed by atoms with Crippen molar-refractivity contribution in [2.75, 3.05) is 26.0 Å². The van der Waals surface area contributed by atoms with Crippen LogP contribution < -0.4 is 5.32 Å². The van der Waals surface area contributed by atoms with Gasteiger partial charge in [0.05, 0.1) is 16.8 Å². The molecule has 0 spiro atoms. The van der Waals surface area contributed by atoms with Crippen molar-refractivity contribution < 1.29 is 0 Å². The summed E-state index contributed by atoms with van der Waals surface area (Å²) in [6, 6.07) is 6.51. The zero-order valence-corrected chi connectivity index (χ0v) is 8.60. The SMILES string of the molecule is CN(C)C1CNc2c(Cl)cccc21. The molecule has 0 saturated carbocycles. The Morgan fingerprint density at radius 2 is 2.23 bits per heavy atom. The normalized spacial score (nSPS) is 20.2. The molecule has 1 aliphatic heterocycles. The Morgan fingerprint density at radius 3 is 2.92 bits per heavy atom. The molecule has 2 nitrogen and oxygen atoms in total. The second-order valence-corrected chi connectivity index (χ2v) is 3.97. The standard InChI is InChI=1S/C10H13ClN2/c1-13(2)9-6-12-10-7(9)4-3-5-8(10)11/h3-5,9,12H,6H2,1-2H3. The van der Waals surface area contributed by atoms with Crippen molar-refractivity contribution in [1.29, 1.82) is 0 Å². The summed E-state index contributed by atoms with van der Waals surface area (Å²) in [7, 11) is 4.17. The predicted molar refractivity (Wildman–Crippen MR) is 56.4 cm³/mol. The maximum absolute atomic E-state index is 6.06. The summed E-state index contributed by atoms with van der Waals surface area (Å²) in [5, 5.41) is 4.15. The Kier molecular flexibility index (Phi) is 2.18. The Bertz CT molecular complexity index is 323. The topological polar surface area (TPSA) is 15.3 Å². The van der Waals surface area contributed by atoms with E-state index in [2.05, 4.69) is 30.4 Å². The van der Waals surface area contributed by atoms with Crippen LogP contribution in [-0.4, -0.2) is 25.5 Å². The van der Waals surface area contributed by atoms with E-state index in [1.807, 2.05) is 12.1 Å². The molecule has 1 unspecified atom stereocenters. The van der Waals surface area contributed by atoms with Crippen LogP contribution in [0.1, 0.15) is 11.6 Å². The third-order valence-corrected chi connectivity index (χ3v) is 2.82. The molecule has 1 aromatic rings. The molecule has 0 radical (unpaired) electrons. The Morgan fingerprint density at radius 1 is 1.46 bits per heavy atom. The summed E-state index contributed by atoms with van der Waals surface area (Å²) in [4.78, 5) is 2.20. The molecule has 3 heteroatoms. The lowest BCUT2D eigenvalue weighted by molar-refractivity contribution is 0.321. The predicted octanol–water partition coefficient (Wildman–Crippen LogP) is 2.37. The van der Waals surface area contributed by atoms with Crippen LogP contribution in [0.25, 0.3) is 0 Å². The first-order chi connectivity index (χ1) is 6.20. The van der Waals surface area contributed by atoms with Crippen LogP contribution in [0, 0.1) is 0 Å². The summed E-state index contributed by atoms with van der Waals surface area (Å²) in [6.07, 6.45) is 0. The molecule has 1 N–H and O–H groups in total. The first-order valence-corrected chi connectivity index (χ1v) is 4.76. The van der Waals surface area contributed by atoms with E-state index in [1.165, 1.54) is 5.56 Å². The van der Waals surface area contributed by atoms with Gasteiger partial charge in [-0.1, -0.05) is 23.7 Å². The van der Waals surface area contributed by atoms with Crippen LogP contribution in [0.3, 0.4) is 0 Å². The number of likely N-dealkylation sites (N-methyl/N-ethyl adjacent to an activating group) is 1. The summed E-state index contributed by atoms with van der Waals surface area (Å²) in [5.41, 5.74) is 2.40. The molecule has 1 aliphatic rings. The highest BCUT2D eigenvalue weighted by Crippen LogP contribution is 2.37. The van der Waals surface area contributed by atoms with E-state index in [4.69, 9.17) is 11.6 Å². The molecule has 1 atom stereocenters.